The standard InChI is InChI=1S/C16H20N4O.CH4O3S/c1-10(2)20-13-8-4-6-11-5-3-7-12(14(11)13)15(20)16(21)18-9-19-17;1-5(2,3)4/h4,6,8-10H,3,5,7,17H2,1-2H3,(H,18,19,21);1H3,(H,2,3,4). The minimum absolute atomic E-state index is 0.142. The molecule has 0 bridgehead atoms. The number of aromatic nitrogens is 1. The number of hydrogen-bond donors (Lipinski definition) is 3. The van der Waals surface area contributed by atoms with Crippen molar-refractivity contribution in [2.24, 2.45) is 10.9 Å². The van der Waals surface area contributed by atoms with Gasteiger partial charge in [-0.2, -0.15) is 13.5 Å². The molecule has 1 aromatic carbocycles. The number of amides is 1. The van der Waals surface area contributed by atoms with Gasteiger partial charge in [0.05, 0.1) is 6.26 Å². The van der Waals surface area contributed by atoms with Crippen molar-refractivity contribution in [2.75, 3.05) is 6.26 Å². The fourth-order valence-electron chi connectivity index (χ4n) is 3.37. The molecule has 1 heterocycles. The molecule has 1 aromatic heterocycles. The van der Waals surface area contributed by atoms with Gasteiger partial charge in [-0.05, 0) is 50.3 Å². The Kier molecular flexibility index (Phi) is 6.04. The Bertz CT molecular complexity index is 937. The van der Waals surface area contributed by atoms with Crippen molar-refractivity contribution < 1.29 is 17.8 Å². The zero-order valence-electron chi connectivity index (χ0n) is 15.1. The molecule has 9 heteroatoms. The van der Waals surface area contributed by atoms with Gasteiger partial charge in [0.2, 0.25) is 0 Å². The summed E-state index contributed by atoms with van der Waals surface area (Å²) >= 11 is 0. The van der Waals surface area contributed by atoms with E-state index in [2.05, 4.69) is 47.0 Å². The minimum Gasteiger partial charge on any atom is -0.334 e. The van der Waals surface area contributed by atoms with Gasteiger partial charge in [0, 0.05) is 16.9 Å². The number of hydrazone groups is 1. The largest absolute Gasteiger partial charge is 0.334 e. The van der Waals surface area contributed by atoms with E-state index in [1.807, 2.05) is 0 Å². The summed E-state index contributed by atoms with van der Waals surface area (Å²) in [5, 5.41) is 7.25. The normalized spacial score (nSPS) is 13.7. The number of nitrogens with one attached hydrogen (secondary N) is 1. The van der Waals surface area contributed by atoms with Crippen LogP contribution in [0.25, 0.3) is 10.9 Å². The van der Waals surface area contributed by atoms with Crippen LogP contribution in [0, 0.1) is 0 Å². The Labute approximate surface area is 152 Å². The first kappa shape index (κ1) is 19.9. The molecule has 0 radical (unpaired) electrons. The molecule has 8 nitrogen and oxygen atoms in total. The Hall–Kier alpha value is -2.39. The number of hydrogen-bond acceptors (Lipinski definition) is 5. The van der Waals surface area contributed by atoms with Crippen molar-refractivity contribution in [1.82, 2.24) is 9.88 Å². The van der Waals surface area contributed by atoms with E-state index in [1.165, 1.54) is 17.3 Å². The summed E-state index contributed by atoms with van der Waals surface area (Å²) < 4.78 is 28.0. The van der Waals surface area contributed by atoms with Crippen molar-refractivity contribution in [3.63, 3.8) is 0 Å². The highest BCUT2D eigenvalue weighted by Gasteiger charge is 2.26. The number of nitrogens with zero attached hydrogens (tertiary/aromatic N) is 2. The molecule has 0 saturated heterocycles. The lowest BCUT2D eigenvalue weighted by Gasteiger charge is -2.14. The van der Waals surface area contributed by atoms with Gasteiger partial charge in [-0.15, -0.1) is 0 Å². The third-order valence-corrected chi connectivity index (χ3v) is 4.09. The number of carbonyl (C=O) groups is 1. The molecular weight excluding hydrogens is 356 g/mol. The Balaban J connectivity index is 0.000000431. The fourth-order valence-corrected chi connectivity index (χ4v) is 3.37. The van der Waals surface area contributed by atoms with Gasteiger partial charge in [-0.3, -0.25) is 9.35 Å². The van der Waals surface area contributed by atoms with Gasteiger partial charge >= 0.3 is 0 Å². The maximum Gasteiger partial charge on any atom is 0.273 e. The summed E-state index contributed by atoms with van der Waals surface area (Å²) in [6.07, 6.45) is 5.06. The molecule has 0 atom stereocenters. The molecule has 2 aromatic rings. The van der Waals surface area contributed by atoms with Crippen LogP contribution < -0.4 is 11.2 Å². The Morgan fingerprint density at radius 3 is 2.62 bits per heavy atom. The zero-order chi connectivity index (χ0) is 19.5. The molecule has 0 saturated carbocycles. The van der Waals surface area contributed by atoms with Gasteiger partial charge in [0.15, 0.2) is 0 Å². The molecule has 0 spiro atoms. The van der Waals surface area contributed by atoms with Gasteiger partial charge in [-0.25, -0.2) is 0 Å². The van der Waals surface area contributed by atoms with Crippen molar-refractivity contribution in [3.05, 3.63) is 35.0 Å². The molecule has 142 valence electrons. The van der Waals surface area contributed by atoms with Gasteiger partial charge in [0.25, 0.3) is 16.0 Å². The number of nitrogens with two attached hydrogens (primary N) is 1. The van der Waals surface area contributed by atoms with Crippen LogP contribution >= 0.6 is 0 Å². The average Bonchev–Trinajstić information content (AvgIpc) is 2.88. The highest BCUT2D eigenvalue weighted by molar-refractivity contribution is 7.85. The van der Waals surface area contributed by atoms with Gasteiger partial charge in [0.1, 0.15) is 12.0 Å². The van der Waals surface area contributed by atoms with Gasteiger partial charge < -0.3 is 15.7 Å². The van der Waals surface area contributed by atoms with Crippen LogP contribution in [-0.4, -0.2) is 36.0 Å². The topological polar surface area (TPSA) is 127 Å². The maximum atomic E-state index is 12.5. The van der Waals surface area contributed by atoms with Crippen LogP contribution in [-0.2, 0) is 23.0 Å². The third kappa shape index (κ3) is 4.41. The second-order valence-corrected chi connectivity index (χ2v) is 7.91. The third-order valence-electron chi connectivity index (χ3n) is 4.09. The van der Waals surface area contributed by atoms with E-state index in [4.69, 9.17) is 10.4 Å². The molecule has 1 aliphatic carbocycles. The van der Waals surface area contributed by atoms with Crippen LogP contribution in [0.3, 0.4) is 0 Å². The molecular formula is C17H24N4O4S. The summed E-state index contributed by atoms with van der Waals surface area (Å²) in [6, 6.07) is 6.56. The second kappa shape index (κ2) is 7.88. The monoisotopic (exact) mass is 380 g/mol. The average molecular weight is 380 g/mol. The first-order valence-corrected chi connectivity index (χ1v) is 10.1. The van der Waals surface area contributed by atoms with Crippen LogP contribution in [0.4, 0.5) is 0 Å². The smallest absolute Gasteiger partial charge is 0.273 e. The first-order chi connectivity index (χ1) is 12.1. The van der Waals surface area contributed by atoms with Crippen LogP contribution in [0.2, 0.25) is 0 Å². The SMILES string of the molecule is CC(C)n1c(C(=O)NC=NN)c2c3c(cccc31)CCC2.CS(=O)(=O)O. The summed E-state index contributed by atoms with van der Waals surface area (Å²) in [7, 11) is -3.67. The van der Waals surface area contributed by atoms with E-state index < -0.39 is 10.1 Å². The molecule has 3 rings (SSSR count). The number of aryl methyl sites for hydroxylation is 2. The molecule has 0 aliphatic heterocycles. The first-order valence-electron chi connectivity index (χ1n) is 8.24. The highest BCUT2D eigenvalue weighted by atomic mass is 32.2. The molecule has 1 amide bonds. The van der Waals surface area contributed by atoms with Crippen molar-refractivity contribution in [2.45, 2.75) is 39.2 Å². The molecule has 0 unspecified atom stereocenters. The molecule has 1 aliphatic rings. The van der Waals surface area contributed by atoms with Crippen LogP contribution in [0.5, 0.6) is 0 Å². The quantitative estimate of drug-likeness (QED) is 0.246. The molecule has 0 fully saturated rings. The summed E-state index contributed by atoms with van der Waals surface area (Å²) in [5.41, 5.74) is 4.39. The Morgan fingerprint density at radius 2 is 2.04 bits per heavy atom. The van der Waals surface area contributed by atoms with E-state index in [9.17, 15) is 13.2 Å². The van der Waals surface area contributed by atoms with E-state index in [0.29, 0.717) is 6.26 Å². The summed E-state index contributed by atoms with van der Waals surface area (Å²) in [4.78, 5) is 12.5. The zero-order valence-corrected chi connectivity index (χ0v) is 15.9. The van der Waals surface area contributed by atoms with E-state index in [1.54, 1.807) is 0 Å². The van der Waals surface area contributed by atoms with Gasteiger partial charge in [-0.1, -0.05) is 12.1 Å². The summed E-state index contributed by atoms with van der Waals surface area (Å²) in [5.74, 6) is 4.94. The predicted octanol–water partition coefficient (Wildman–Crippen LogP) is 1.85. The van der Waals surface area contributed by atoms with Crippen molar-refractivity contribution in [3.8, 4) is 0 Å². The fraction of sp³-hybridized carbons (Fsp3) is 0.412. The van der Waals surface area contributed by atoms with Crippen LogP contribution in [0.1, 0.15) is 47.9 Å². The van der Waals surface area contributed by atoms with E-state index >= 15 is 0 Å². The lowest BCUT2D eigenvalue weighted by Crippen LogP contribution is -2.27. The summed E-state index contributed by atoms with van der Waals surface area (Å²) in [6.45, 7) is 4.20. The minimum atomic E-state index is -3.67. The highest BCUT2D eigenvalue weighted by Crippen LogP contribution is 2.36. The number of carbonyl (C=O) groups excluding carboxylic acids is 1. The lowest BCUT2D eigenvalue weighted by molar-refractivity contribution is 0.0967. The molecule has 26 heavy (non-hydrogen) atoms. The number of benzene rings is 1. The maximum absolute atomic E-state index is 12.5. The van der Waals surface area contributed by atoms with E-state index in [-0.39, 0.29) is 11.9 Å². The van der Waals surface area contributed by atoms with E-state index in [0.717, 1.165) is 36.0 Å². The Morgan fingerprint density at radius 1 is 1.38 bits per heavy atom. The number of rotatable bonds is 3. The van der Waals surface area contributed by atoms with Crippen molar-refractivity contribution >= 4 is 33.3 Å². The second-order valence-electron chi connectivity index (χ2n) is 6.44. The lowest BCUT2D eigenvalue weighted by atomic mass is 9.91. The van der Waals surface area contributed by atoms with Crippen molar-refractivity contribution in [1.29, 1.82) is 0 Å². The van der Waals surface area contributed by atoms with Crippen LogP contribution in [0.15, 0.2) is 23.3 Å². The predicted molar refractivity (Wildman–Crippen MR) is 102 cm³/mol. The molecule has 4 N–H and O–H groups in total.